The Balaban J connectivity index is 2.44. The van der Waals surface area contributed by atoms with Crippen LogP contribution in [0.4, 0.5) is 0 Å². The fourth-order valence-electron chi connectivity index (χ4n) is 2.04. The van der Waals surface area contributed by atoms with Crippen molar-refractivity contribution in [1.29, 1.82) is 0 Å². The summed E-state index contributed by atoms with van der Waals surface area (Å²) >= 11 is 0. The molecule has 0 aliphatic rings. The number of carbonyl (C=O) groups excluding carboxylic acids is 1. The van der Waals surface area contributed by atoms with Crippen molar-refractivity contribution in [3.63, 3.8) is 0 Å². The SMILES string of the molecule is CCNC(=NCc1cccc(C(N)=O)c1)NCCCOCC(C)C. The Morgan fingerprint density at radius 2 is 2.12 bits per heavy atom. The van der Waals surface area contributed by atoms with Gasteiger partial charge >= 0.3 is 0 Å². The van der Waals surface area contributed by atoms with Crippen LogP contribution in [0.2, 0.25) is 0 Å². The van der Waals surface area contributed by atoms with Crippen molar-refractivity contribution in [2.75, 3.05) is 26.3 Å². The first-order valence-electron chi connectivity index (χ1n) is 8.51. The van der Waals surface area contributed by atoms with Crippen molar-refractivity contribution in [1.82, 2.24) is 10.6 Å². The van der Waals surface area contributed by atoms with Crippen LogP contribution >= 0.6 is 0 Å². The molecule has 0 spiro atoms. The highest BCUT2D eigenvalue weighted by Crippen LogP contribution is 2.06. The van der Waals surface area contributed by atoms with Crippen LogP contribution in [0.25, 0.3) is 0 Å². The number of nitrogens with two attached hydrogens (primary N) is 1. The minimum absolute atomic E-state index is 0.424. The summed E-state index contributed by atoms with van der Waals surface area (Å²) in [6.07, 6.45) is 0.925. The summed E-state index contributed by atoms with van der Waals surface area (Å²) in [5, 5.41) is 6.49. The van der Waals surface area contributed by atoms with Gasteiger partial charge in [-0.2, -0.15) is 0 Å². The molecule has 0 radical (unpaired) electrons. The molecule has 6 nitrogen and oxygen atoms in total. The van der Waals surface area contributed by atoms with E-state index in [0.717, 1.165) is 44.2 Å². The molecule has 134 valence electrons. The molecule has 0 bridgehead atoms. The highest BCUT2D eigenvalue weighted by molar-refractivity contribution is 5.92. The Labute approximate surface area is 144 Å². The van der Waals surface area contributed by atoms with Crippen molar-refractivity contribution < 1.29 is 9.53 Å². The van der Waals surface area contributed by atoms with E-state index in [9.17, 15) is 4.79 Å². The lowest BCUT2D eigenvalue weighted by molar-refractivity contribution is 0.1000. The van der Waals surface area contributed by atoms with E-state index in [1.807, 2.05) is 19.1 Å². The van der Waals surface area contributed by atoms with Crippen molar-refractivity contribution in [2.45, 2.75) is 33.7 Å². The number of nitrogens with one attached hydrogen (secondary N) is 2. The van der Waals surface area contributed by atoms with E-state index in [0.29, 0.717) is 18.0 Å². The van der Waals surface area contributed by atoms with Crippen molar-refractivity contribution in [2.24, 2.45) is 16.6 Å². The van der Waals surface area contributed by atoms with Gasteiger partial charge in [-0.15, -0.1) is 0 Å². The number of amides is 1. The number of aliphatic imine (C=N–C) groups is 1. The van der Waals surface area contributed by atoms with Gasteiger partial charge < -0.3 is 21.1 Å². The maximum Gasteiger partial charge on any atom is 0.248 e. The van der Waals surface area contributed by atoms with Gasteiger partial charge in [0.05, 0.1) is 6.54 Å². The van der Waals surface area contributed by atoms with E-state index in [-0.39, 0.29) is 0 Å². The van der Waals surface area contributed by atoms with Gasteiger partial charge in [0, 0.05) is 31.9 Å². The Morgan fingerprint density at radius 3 is 2.79 bits per heavy atom. The fourth-order valence-corrected chi connectivity index (χ4v) is 2.04. The number of benzene rings is 1. The highest BCUT2D eigenvalue weighted by atomic mass is 16.5. The molecule has 0 saturated heterocycles. The topological polar surface area (TPSA) is 88.7 Å². The van der Waals surface area contributed by atoms with E-state index in [1.165, 1.54) is 0 Å². The molecule has 4 N–H and O–H groups in total. The van der Waals surface area contributed by atoms with E-state index in [1.54, 1.807) is 12.1 Å². The molecule has 0 heterocycles. The van der Waals surface area contributed by atoms with Crippen molar-refractivity contribution in [3.05, 3.63) is 35.4 Å². The molecular weight excluding hydrogens is 304 g/mol. The highest BCUT2D eigenvalue weighted by Gasteiger charge is 2.02. The summed E-state index contributed by atoms with van der Waals surface area (Å²) in [5.41, 5.74) is 6.75. The number of ether oxygens (including phenoxy) is 1. The van der Waals surface area contributed by atoms with Crippen LogP contribution in [0, 0.1) is 5.92 Å². The summed E-state index contributed by atoms with van der Waals surface area (Å²) in [5.74, 6) is 0.895. The molecule has 1 rings (SSSR count). The van der Waals surface area contributed by atoms with Crippen LogP contribution in [-0.4, -0.2) is 38.2 Å². The second-order valence-electron chi connectivity index (χ2n) is 6.01. The van der Waals surface area contributed by atoms with E-state index >= 15 is 0 Å². The van der Waals surface area contributed by atoms with Crippen molar-refractivity contribution >= 4 is 11.9 Å². The number of hydrogen-bond donors (Lipinski definition) is 3. The average Bonchev–Trinajstić information content (AvgIpc) is 2.55. The lowest BCUT2D eigenvalue weighted by Gasteiger charge is -2.12. The Bertz CT molecular complexity index is 530. The van der Waals surface area contributed by atoms with E-state index in [2.05, 4.69) is 29.5 Å². The molecule has 1 aromatic rings. The zero-order valence-corrected chi connectivity index (χ0v) is 15.0. The van der Waals surface area contributed by atoms with Gasteiger partial charge in [0.15, 0.2) is 5.96 Å². The van der Waals surface area contributed by atoms with Crippen LogP contribution in [0.15, 0.2) is 29.3 Å². The third kappa shape index (κ3) is 8.53. The normalized spacial score (nSPS) is 11.6. The predicted octanol–water partition coefficient (Wildman–Crippen LogP) is 1.90. The Morgan fingerprint density at radius 1 is 1.33 bits per heavy atom. The molecule has 0 atom stereocenters. The van der Waals surface area contributed by atoms with Gasteiger partial charge in [-0.25, -0.2) is 4.99 Å². The number of hydrogen-bond acceptors (Lipinski definition) is 3. The lowest BCUT2D eigenvalue weighted by Crippen LogP contribution is -2.38. The molecule has 0 unspecified atom stereocenters. The minimum atomic E-state index is -0.424. The van der Waals surface area contributed by atoms with Crippen molar-refractivity contribution in [3.8, 4) is 0 Å². The maximum absolute atomic E-state index is 11.2. The molecule has 1 aromatic carbocycles. The maximum atomic E-state index is 11.2. The van der Waals surface area contributed by atoms with Crippen LogP contribution in [0.1, 0.15) is 43.1 Å². The van der Waals surface area contributed by atoms with Crippen LogP contribution in [-0.2, 0) is 11.3 Å². The molecule has 6 heteroatoms. The third-order valence-electron chi connectivity index (χ3n) is 3.18. The minimum Gasteiger partial charge on any atom is -0.381 e. The van der Waals surface area contributed by atoms with Gasteiger partial charge in [0.25, 0.3) is 0 Å². The predicted molar refractivity (Wildman–Crippen MR) is 98.1 cm³/mol. The molecule has 24 heavy (non-hydrogen) atoms. The molecule has 0 aromatic heterocycles. The third-order valence-corrected chi connectivity index (χ3v) is 3.18. The molecule has 0 aliphatic heterocycles. The fraction of sp³-hybridized carbons (Fsp3) is 0.556. The van der Waals surface area contributed by atoms with E-state index < -0.39 is 5.91 Å². The largest absolute Gasteiger partial charge is 0.381 e. The number of primary amides is 1. The van der Waals surface area contributed by atoms with Gasteiger partial charge in [-0.1, -0.05) is 26.0 Å². The second-order valence-corrected chi connectivity index (χ2v) is 6.01. The van der Waals surface area contributed by atoms with Gasteiger partial charge in [-0.05, 0) is 37.0 Å². The smallest absolute Gasteiger partial charge is 0.248 e. The first kappa shape index (κ1) is 20.0. The molecule has 1 amide bonds. The van der Waals surface area contributed by atoms with Crippen LogP contribution in [0.5, 0.6) is 0 Å². The first-order chi connectivity index (χ1) is 11.5. The second kappa shape index (κ2) is 11.5. The van der Waals surface area contributed by atoms with Crippen LogP contribution < -0.4 is 16.4 Å². The van der Waals surface area contributed by atoms with Gasteiger partial charge in [0.2, 0.25) is 5.91 Å². The summed E-state index contributed by atoms with van der Waals surface area (Å²) in [4.78, 5) is 15.7. The van der Waals surface area contributed by atoms with Crippen LogP contribution in [0.3, 0.4) is 0 Å². The Hall–Kier alpha value is -2.08. The summed E-state index contributed by atoms with van der Waals surface area (Å²) < 4.78 is 5.56. The number of carbonyl (C=O) groups is 1. The monoisotopic (exact) mass is 334 g/mol. The molecule has 0 saturated carbocycles. The number of nitrogens with zero attached hydrogens (tertiary/aromatic N) is 1. The van der Waals surface area contributed by atoms with Gasteiger partial charge in [0.1, 0.15) is 0 Å². The first-order valence-corrected chi connectivity index (χ1v) is 8.51. The van der Waals surface area contributed by atoms with E-state index in [4.69, 9.17) is 10.5 Å². The van der Waals surface area contributed by atoms with Gasteiger partial charge in [-0.3, -0.25) is 4.79 Å². The Kier molecular flexibility index (Phi) is 9.53. The number of rotatable bonds is 10. The summed E-state index contributed by atoms with van der Waals surface area (Å²) in [7, 11) is 0. The zero-order valence-electron chi connectivity index (χ0n) is 15.0. The zero-order chi connectivity index (χ0) is 17.8. The summed E-state index contributed by atoms with van der Waals surface area (Å²) in [6, 6.07) is 7.22. The quantitative estimate of drug-likeness (QED) is 0.346. The molecular formula is C18H30N4O2. The molecule has 0 aliphatic carbocycles. The lowest BCUT2D eigenvalue weighted by atomic mass is 10.1. The number of guanidine groups is 1. The molecule has 0 fully saturated rings. The summed E-state index contributed by atoms with van der Waals surface area (Å²) in [6.45, 7) is 9.91. The standard InChI is InChI=1S/C18H30N4O2/c1-4-20-18(21-9-6-10-24-13-14(2)3)22-12-15-7-5-8-16(11-15)17(19)23/h5,7-8,11,14H,4,6,9-10,12-13H2,1-3H3,(H2,19,23)(H2,20,21,22). The average molecular weight is 334 g/mol.